The molecule has 172 valence electrons. The van der Waals surface area contributed by atoms with Gasteiger partial charge in [-0.15, -0.1) is 0 Å². The van der Waals surface area contributed by atoms with Crippen molar-refractivity contribution in [2.24, 2.45) is 5.73 Å². The standard InChI is InChI=1S/C22H21N3O4.C2H4O2/c1-27-18-8-4-16-11-19(9-5-15(16)10-18)28-13-20-12-25(22(26)29-20)17-6-2-14(3-7-17)21(23)24;1-2(3)4/h2-11,20H,12-13H2,1H3,(H3,23,24);1H3,(H,3,4). The number of aliphatic carboxylic acids is 1. The van der Waals surface area contributed by atoms with Crippen molar-refractivity contribution in [3.05, 3.63) is 66.2 Å². The molecule has 0 radical (unpaired) electrons. The molecule has 1 aliphatic rings. The summed E-state index contributed by atoms with van der Waals surface area (Å²) in [4.78, 5) is 22.8. The Morgan fingerprint density at radius 3 is 2.27 bits per heavy atom. The molecule has 3 aromatic rings. The molecule has 1 fully saturated rings. The number of nitrogens with two attached hydrogens (primary N) is 1. The third-order valence-corrected chi connectivity index (χ3v) is 4.82. The summed E-state index contributed by atoms with van der Waals surface area (Å²) in [7, 11) is 1.64. The molecule has 1 saturated heterocycles. The Bertz CT molecular complexity index is 1160. The van der Waals surface area contributed by atoms with Crippen molar-refractivity contribution >= 4 is 34.4 Å². The molecule has 1 unspecified atom stereocenters. The Labute approximate surface area is 190 Å². The van der Waals surface area contributed by atoms with Crippen LogP contribution in [0, 0.1) is 5.41 Å². The summed E-state index contributed by atoms with van der Waals surface area (Å²) in [5.74, 6) is 0.670. The van der Waals surface area contributed by atoms with Crippen LogP contribution in [-0.4, -0.2) is 49.4 Å². The monoisotopic (exact) mass is 451 g/mol. The summed E-state index contributed by atoms with van der Waals surface area (Å²) >= 11 is 0. The third kappa shape index (κ3) is 6.13. The van der Waals surface area contributed by atoms with Crippen molar-refractivity contribution in [1.82, 2.24) is 0 Å². The first-order chi connectivity index (χ1) is 15.8. The molecule has 1 amide bonds. The average Bonchev–Trinajstić information content (AvgIpc) is 3.17. The highest BCUT2D eigenvalue weighted by atomic mass is 16.6. The van der Waals surface area contributed by atoms with E-state index in [9.17, 15) is 4.79 Å². The number of carbonyl (C=O) groups excluding carboxylic acids is 1. The Balaban J connectivity index is 0.000000709. The van der Waals surface area contributed by atoms with E-state index in [1.165, 1.54) is 0 Å². The lowest BCUT2D eigenvalue weighted by atomic mass is 10.1. The fourth-order valence-corrected chi connectivity index (χ4v) is 3.25. The molecule has 0 aliphatic carbocycles. The number of benzene rings is 3. The molecule has 4 rings (SSSR count). The van der Waals surface area contributed by atoms with Gasteiger partial charge in [-0.2, -0.15) is 0 Å². The first kappa shape index (κ1) is 23.4. The lowest BCUT2D eigenvalue weighted by Crippen LogP contribution is -2.26. The van der Waals surface area contributed by atoms with Gasteiger partial charge in [-0.1, -0.05) is 12.1 Å². The van der Waals surface area contributed by atoms with Crippen LogP contribution in [0.25, 0.3) is 10.8 Å². The molecule has 1 heterocycles. The number of fused-ring (bicyclic) bond motifs is 1. The second-order valence-electron chi connectivity index (χ2n) is 7.28. The number of carboxylic acids is 1. The molecular weight excluding hydrogens is 426 g/mol. The molecular formula is C24H25N3O6. The number of carbonyl (C=O) groups is 2. The number of rotatable bonds is 6. The van der Waals surface area contributed by atoms with Crippen LogP contribution in [0.3, 0.4) is 0 Å². The van der Waals surface area contributed by atoms with E-state index in [1.807, 2.05) is 36.4 Å². The Kier molecular flexibility index (Phi) is 7.34. The van der Waals surface area contributed by atoms with E-state index >= 15 is 0 Å². The smallest absolute Gasteiger partial charge is 0.414 e. The zero-order valence-electron chi connectivity index (χ0n) is 18.3. The number of anilines is 1. The highest BCUT2D eigenvalue weighted by Gasteiger charge is 2.32. The minimum atomic E-state index is -0.833. The zero-order chi connectivity index (χ0) is 24.0. The second kappa shape index (κ2) is 10.4. The molecule has 9 heteroatoms. The van der Waals surface area contributed by atoms with Crippen molar-refractivity contribution in [2.75, 3.05) is 25.2 Å². The van der Waals surface area contributed by atoms with Gasteiger partial charge in [0.25, 0.3) is 5.97 Å². The minimum absolute atomic E-state index is 0.0133. The Morgan fingerprint density at radius 2 is 1.70 bits per heavy atom. The van der Waals surface area contributed by atoms with E-state index in [4.69, 9.17) is 35.3 Å². The number of nitrogens with zero attached hydrogens (tertiary/aromatic N) is 1. The molecule has 33 heavy (non-hydrogen) atoms. The number of cyclic esters (lactones) is 1. The predicted octanol–water partition coefficient (Wildman–Crippen LogP) is 3.63. The second-order valence-corrected chi connectivity index (χ2v) is 7.28. The first-order valence-corrected chi connectivity index (χ1v) is 10.1. The fraction of sp³-hybridized carbons (Fsp3) is 0.208. The Morgan fingerprint density at radius 1 is 1.12 bits per heavy atom. The van der Waals surface area contributed by atoms with Crippen molar-refractivity contribution in [1.29, 1.82) is 5.41 Å². The normalized spacial score (nSPS) is 14.8. The maximum Gasteiger partial charge on any atom is 0.414 e. The van der Waals surface area contributed by atoms with Crippen molar-refractivity contribution in [3.63, 3.8) is 0 Å². The predicted molar refractivity (Wildman–Crippen MR) is 124 cm³/mol. The van der Waals surface area contributed by atoms with Gasteiger partial charge in [0.2, 0.25) is 0 Å². The van der Waals surface area contributed by atoms with Crippen LogP contribution in [0.1, 0.15) is 12.5 Å². The summed E-state index contributed by atoms with van der Waals surface area (Å²) in [5, 5.41) is 17.0. The van der Waals surface area contributed by atoms with Crippen LogP contribution in [0.4, 0.5) is 10.5 Å². The van der Waals surface area contributed by atoms with E-state index in [-0.39, 0.29) is 18.5 Å². The number of ether oxygens (including phenoxy) is 3. The third-order valence-electron chi connectivity index (χ3n) is 4.82. The quantitative estimate of drug-likeness (QED) is 0.385. The number of methoxy groups -OCH3 is 1. The van der Waals surface area contributed by atoms with Crippen molar-refractivity contribution in [2.45, 2.75) is 13.0 Å². The van der Waals surface area contributed by atoms with Crippen LogP contribution in [0.2, 0.25) is 0 Å². The van der Waals surface area contributed by atoms with Gasteiger partial charge in [-0.05, 0) is 59.3 Å². The number of nitrogen functional groups attached to an aromatic ring is 1. The lowest BCUT2D eigenvalue weighted by Gasteiger charge is -2.14. The number of nitrogens with one attached hydrogen (secondary N) is 1. The van der Waals surface area contributed by atoms with E-state index < -0.39 is 12.1 Å². The molecule has 1 atom stereocenters. The number of hydrogen-bond acceptors (Lipinski definition) is 6. The molecule has 4 N–H and O–H groups in total. The zero-order valence-corrected chi connectivity index (χ0v) is 18.3. The van der Waals surface area contributed by atoms with E-state index in [1.54, 1.807) is 36.3 Å². The maximum atomic E-state index is 12.2. The van der Waals surface area contributed by atoms with Gasteiger partial charge >= 0.3 is 6.09 Å². The van der Waals surface area contributed by atoms with E-state index in [0.717, 1.165) is 23.4 Å². The number of amidine groups is 1. The van der Waals surface area contributed by atoms with Crippen LogP contribution >= 0.6 is 0 Å². The van der Waals surface area contributed by atoms with Gasteiger partial charge in [0.15, 0.2) is 6.10 Å². The van der Waals surface area contributed by atoms with Gasteiger partial charge in [0, 0.05) is 18.2 Å². The number of hydrogen-bond donors (Lipinski definition) is 3. The molecule has 1 aliphatic heterocycles. The lowest BCUT2D eigenvalue weighted by molar-refractivity contribution is -0.134. The fourth-order valence-electron chi connectivity index (χ4n) is 3.25. The van der Waals surface area contributed by atoms with Gasteiger partial charge in [-0.3, -0.25) is 15.1 Å². The highest BCUT2D eigenvalue weighted by Crippen LogP contribution is 2.26. The summed E-state index contributed by atoms with van der Waals surface area (Å²) in [6.45, 7) is 1.73. The molecule has 0 bridgehead atoms. The van der Waals surface area contributed by atoms with Crippen molar-refractivity contribution in [3.8, 4) is 11.5 Å². The molecule has 9 nitrogen and oxygen atoms in total. The highest BCUT2D eigenvalue weighted by molar-refractivity contribution is 5.96. The summed E-state index contributed by atoms with van der Waals surface area (Å²) in [5.41, 5.74) is 6.77. The van der Waals surface area contributed by atoms with Gasteiger partial charge in [0.05, 0.1) is 13.7 Å². The first-order valence-electron chi connectivity index (χ1n) is 10.1. The molecule has 0 spiro atoms. The summed E-state index contributed by atoms with van der Waals surface area (Å²) in [6.07, 6.45) is -0.790. The Hall–Kier alpha value is -4.27. The summed E-state index contributed by atoms with van der Waals surface area (Å²) in [6, 6.07) is 18.6. The van der Waals surface area contributed by atoms with Gasteiger partial charge in [0.1, 0.15) is 23.9 Å². The van der Waals surface area contributed by atoms with Crippen LogP contribution in [0.5, 0.6) is 11.5 Å². The van der Waals surface area contributed by atoms with Gasteiger partial charge < -0.3 is 25.1 Å². The van der Waals surface area contributed by atoms with Crippen LogP contribution < -0.4 is 20.1 Å². The van der Waals surface area contributed by atoms with Crippen LogP contribution in [-0.2, 0) is 9.53 Å². The molecule has 3 aromatic carbocycles. The van der Waals surface area contributed by atoms with Gasteiger partial charge in [-0.25, -0.2) is 4.79 Å². The summed E-state index contributed by atoms with van der Waals surface area (Å²) < 4.78 is 16.5. The number of carboxylic acid groups (broad SMARTS) is 1. The molecule has 0 saturated carbocycles. The number of amides is 1. The molecule has 0 aromatic heterocycles. The van der Waals surface area contributed by atoms with Crippen molar-refractivity contribution < 1.29 is 28.9 Å². The minimum Gasteiger partial charge on any atom is -0.497 e. The topological polar surface area (TPSA) is 135 Å². The average molecular weight is 451 g/mol. The van der Waals surface area contributed by atoms with Crippen LogP contribution in [0.15, 0.2) is 60.7 Å². The maximum absolute atomic E-state index is 12.2. The largest absolute Gasteiger partial charge is 0.497 e. The van der Waals surface area contributed by atoms with E-state index in [0.29, 0.717) is 23.5 Å². The SMILES string of the molecule is CC(=O)O.COc1ccc2cc(OCC3CN(c4ccc(C(=N)N)cc4)C(=O)O3)ccc2c1. The van der Waals surface area contributed by atoms with E-state index in [2.05, 4.69) is 0 Å².